The molecule has 1 saturated heterocycles. The molecule has 0 aliphatic carbocycles. The number of nitrogens with zero attached hydrogens (tertiary/aromatic N) is 1. The van der Waals surface area contributed by atoms with Gasteiger partial charge in [0, 0.05) is 18.3 Å². The minimum atomic E-state index is 0.638. The number of aryl methyl sites for hydroxylation is 1. The summed E-state index contributed by atoms with van der Waals surface area (Å²) in [6.07, 6.45) is 2.62. The van der Waals surface area contributed by atoms with E-state index in [1.165, 1.54) is 37.2 Å². The molecular formula is C16H26N2. The van der Waals surface area contributed by atoms with Gasteiger partial charge in [0.05, 0.1) is 0 Å². The van der Waals surface area contributed by atoms with Gasteiger partial charge in [-0.25, -0.2) is 0 Å². The Morgan fingerprint density at radius 2 is 2.06 bits per heavy atom. The zero-order valence-electron chi connectivity index (χ0n) is 11.9. The summed E-state index contributed by atoms with van der Waals surface area (Å²) < 4.78 is 0. The van der Waals surface area contributed by atoms with Gasteiger partial charge in [-0.3, -0.25) is 0 Å². The number of piperidine rings is 1. The van der Waals surface area contributed by atoms with Gasteiger partial charge in [0.2, 0.25) is 0 Å². The van der Waals surface area contributed by atoms with E-state index in [0.29, 0.717) is 6.04 Å². The molecular weight excluding hydrogens is 220 g/mol. The van der Waals surface area contributed by atoms with Crippen LogP contribution in [-0.2, 0) is 0 Å². The Balaban J connectivity index is 2.11. The highest BCUT2D eigenvalue weighted by Gasteiger charge is 2.24. The minimum Gasteiger partial charge on any atom is -0.369 e. The van der Waals surface area contributed by atoms with Crippen LogP contribution >= 0.6 is 0 Å². The van der Waals surface area contributed by atoms with E-state index in [9.17, 15) is 0 Å². The molecule has 0 radical (unpaired) electrons. The molecule has 0 spiro atoms. The quantitative estimate of drug-likeness (QED) is 0.877. The average Bonchev–Trinajstić information content (AvgIpc) is 2.40. The molecule has 1 aromatic rings. The van der Waals surface area contributed by atoms with Gasteiger partial charge in [-0.2, -0.15) is 0 Å². The molecule has 1 aromatic carbocycles. The zero-order chi connectivity index (χ0) is 13.0. The van der Waals surface area contributed by atoms with Crippen molar-refractivity contribution in [3.63, 3.8) is 0 Å². The van der Waals surface area contributed by atoms with Crippen LogP contribution in [0.3, 0.4) is 0 Å². The molecule has 1 aliphatic rings. The fraction of sp³-hybridized carbons (Fsp3) is 0.625. The third-order valence-corrected chi connectivity index (χ3v) is 4.23. The van der Waals surface area contributed by atoms with Crippen LogP contribution in [0.25, 0.3) is 0 Å². The molecule has 0 bridgehead atoms. The zero-order valence-corrected chi connectivity index (χ0v) is 11.9. The van der Waals surface area contributed by atoms with Gasteiger partial charge in [0.25, 0.3) is 0 Å². The first-order valence-corrected chi connectivity index (χ1v) is 7.26. The predicted molar refractivity (Wildman–Crippen MR) is 79.3 cm³/mol. The van der Waals surface area contributed by atoms with Crippen LogP contribution in [-0.4, -0.2) is 25.7 Å². The molecule has 2 nitrogen and oxygen atoms in total. The van der Waals surface area contributed by atoms with Crippen molar-refractivity contribution in [1.82, 2.24) is 5.32 Å². The average molecular weight is 246 g/mol. The van der Waals surface area contributed by atoms with E-state index >= 15 is 0 Å². The van der Waals surface area contributed by atoms with E-state index in [1.54, 1.807) is 0 Å². The van der Waals surface area contributed by atoms with Gasteiger partial charge in [-0.05, 0) is 70.3 Å². The number of hydrogen-bond donors (Lipinski definition) is 1. The van der Waals surface area contributed by atoms with Gasteiger partial charge in [-0.1, -0.05) is 12.1 Å². The van der Waals surface area contributed by atoms with Gasteiger partial charge in [0.15, 0.2) is 0 Å². The lowest BCUT2D eigenvalue weighted by molar-refractivity contribution is 0.319. The Bertz CT molecular complexity index is 369. The highest BCUT2D eigenvalue weighted by atomic mass is 15.2. The van der Waals surface area contributed by atoms with Crippen molar-refractivity contribution in [2.75, 3.05) is 24.5 Å². The molecule has 0 aromatic heterocycles. The van der Waals surface area contributed by atoms with E-state index in [4.69, 9.17) is 0 Å². The maximum Gasteiger partial charge on any atom is 0.0371 e. The van der Waals surface area contributed by atoms with E-state index in [2.05, 4.69) is 55.3 Å². The standard InChI is InChI=1S/C16H26N2/c1-4-18(16-7-5-6-13(2)12-16)14(3)15-8-10-17-11-9-15/h5-7,12,14-15,17H,4,8-11H2,1-3H3. The van der Waals surface area contributed by atoms with E-state index in [1.807, 2.05) is 0 Å². The Labute approximate surface area is 111 Å². The molecule has 2 rings (SSSR count). The van der Waals surface area contributed by atoms with Crippen molar-refractivity contribution >= 4 is 5.69 Å². The highest BCUT2D eigenvalue weighted by Crippen LogP contribution is 2.26. The third-order valence-electron chi connectivity index (χ3n) is 4.23. The second-order valence-electron chi connectivity index (χ2n) is 5.45. The summed E-state index contributed by atoms with van der Waals surface area (Å²) in [7, 11) is 0. The molecule has 2 heteroatoms. The number of anilines is 1. The minimum absolute atomic E-state index is 0.638. The van der Waals surface area contributed by atoms with Crippen LogP contribution in [0.5, 0.6) is 0 Å². The number of benzene rings is 1. The maximum absolute atomic E-state index is 3.46. The van der Waals surface area contributed by atoms with Crippen LogP contribution in [0.1, 0.15) is 32.3 Å². The molecule has 1 N–H and O–H groups in total. The lowest BCUT2D eigenvalue weighted by Gasteiger charge is -2.38. The lowest BCUT2D eigenvalue weighted by Crippen LogP contribution is -2.43. The molecule has 100 valence electrons. The van der Waals surface area contributed by atoms with Crippen molar-refractivity contribution < 1.29 is 0 Å². The maximum atomic E-state index is 3.46. The predicted octanol–water partition coefficient (Wildman–Crippen LogP) is 3.21. The van der Waals surface area contributed by atoms with E-state index in [-0.39, 0.29) is 0 Å². The van der Waals surface area contributed by atoms with Crippen LogP contribution in [0.4, 0.5) is 5.69 Å². The molecule has 1 unspecified atom stereocenters. The largest absolute Gasteiger partial charge is 0.369 e. The molecule has 18 heavy (non-hydrogen) atoms. The molecule has 1 aliphatic heterocycles. The van der Waals surface area contributed by atoms with Crippen LogP contribution in [0.15, 0.2) is 24.3 Å². The first kappa shape index (κ1) is 13.4. The fourth-order valence-electron chi connectivity index (χ4n) is 3.09. The normalized spacial score (nSPS) is 18.6. The van der Waals surface area contributed by atoms with Crippen molar-refractivity contribution in [3.8, 4) is 0 Å². The number of rotatable bonds is 4. The molecule has 1 heterocycles. The Kier molecular flexibility index (Phi) is 4.65. The lowest BCUT2D eigenvalue weighted by atomic mass is 9.90. The monoisotopic (exact) mass is 246 g/mol. The summed E-state index contributed by atoms with van der Waals surface area (Å²) >= 11 is 0. The van der Waals surface area contributed by atoms with Gasteiger partial charge < -0.3 is 10.2 Å². The van der Waals surface area contributed by atoms with Gasteiger partial charge in [-0.15, -0.1) is 0 Å². The van der Waals surface area contributed by atoms with Gasteiger partial charge >= 0.3 is 0 Å². The summed E-state index contributed by atoms with van der Waals surface area (Å²) in [5.74, 6) is 0.826. The molecule has 1 fully saturated rings. The van der Waals surface area contributed by atoms with E-state index < -0.39 is 0 Å². The van der Waals surface area contributed by atoms with Gasteiger partial charge in [0.1, 0.15) is 0 Å². The van der Waals surface area contributed by atoms with Crippen LogP contribution < -0.4 is 10.2 Å². The second-order valence-corrected chi connectivity index (χ2v) is 5.45. The second kappa shape index (κ2) is 6.24. The highest BCUT2D eigenvalue weighted by molar-refractivity contribution is 5.49. The summed E-state index contributed by atoms with van der Waals surface area (Å²) in [4.78, 5) is 2.56. The first-order valence-electron chi connectivity index (χ1n) is 7.26. The van der Waals surface area contributed by atoms with E-state index in [0.717, 1.165) is 12.5 Å². The summed E-state index contributed by atoms with van der Waals surface area (Å²) in [5, 5.41) is 3.46. The Morgan fingerprint density at radius 3 is 2.67 bits per heavy atom. The smallest absolute Gasteiger partial charge is 0.0371 e. The topological polar surface area (TPSA) is 15.3 Å². The van der Waals surface area contributed by atoms with Crippen LogP contribution in [0.2, 0.25) is 0 Å². The molecule has 0 amide bonds. The summed E-state index contributed by atoms with van der Waals surface area (Å²) in [5.41, 5.74) is 2.73. The van der Waals surface area contributed by atoms with Crippen molar-refractivity contribution in [2.45, 2.75) is 39.7 Å². The molecule has 0 saturated carbocycles. The van der Waals surface area contributed by atoms with Crippen molar-refractivity contribution in [2.24, 2.45) is 5.92 Å². The molecule has 1 atom stereocenters. The van der Waals surface area contributed by atoms with Crippen molar-refractivity contribution in [1.29, 1.82) is 0 Å². The van der Waals surface area contributed by atoms with Crippen LogP contribution in [0, 0.1) is 12.8 Å². The SMILES string of the molecule is CCN(c1cccc(C)c1)C(C)C1CCNCC1. The third kappa shape index (κ3) is 3.05. The fourth-order valence-corrected chi connectivity index (χ4v) is 3.09. The Hall–Kier alpha value is -1.02. The number of nitrogens with one attached hydrogen (secondary N) is 1. The van der Waals surface area contributed by atoms with Crippen molar-refractivity contribution in [3.05, 3.63) is 29.8 Å². The summed E-state index contributed by atoms with van der Waals surface area (Å²) in [6, 6.07) is 9.53. The Morgan fingerprint density at radius 1 is 1.33 bits per heavy atom. The first-order chi connectivity index (χ1) is 8.72. The summed E-state index contributed by atoms with van der Waals surface area (Å²) in [6.45, 7) is 10.3. The number of hydrogen-bond acceptors (Lipinski definition) is 2.